The molecule has 0 saturated heterocycles. The third-order valence-electron chi connectivity index (χ3n) is 3.46. The minimum Gasteiger partial charge on any atom is -0.269 e. The van der Waals surface area contributed by atoms with E-state index in [0.29, 0.717) is 17.2 Å². The molecule has 0 aliphatic rings. The van der Waals surface area contributed by atoms with E-state index in [0.717, 1.165) is 10.0 Å². The third-order valence-corrected chi connectivity index (χ3v) is 3.93. The maximum Gasteiger partial charge on any atom is 0.258 e. The van der Waals surface area contributed by atoms with E-state index in [-0.39, 0.29) is 12.1 Å². The molecular formula is C16H11BrN6O. The molecule has 3 heterocycles. The smallest absolute Gasteiger partial charge is 0.258 e. The average Bonchev–Trinajstić information content (AvgIpc) is 3.05. The normalized spacial score (nSPS) is 11.0. The van der Waals surface area contributed by atoms with Crippen molar-refractivity contribution in [1.82, 2.24) is 29.6 Å². The number of aromatic nitrogens is 6. The lowest BCUT2D eigenvalue weighted by Gasteiger charge is -2.03. The topological polar surface area (TPSA) is 78.0 Å². The molecule has 0 N–H and O–H groups in total. The largest absolute Gasteiger partial charge is 0.269 e. The third kappa shape index (κ3) is 2.83. The van der Waals surface area contributed by atoms with Crippen LogP contribution in [0.1, 0.15) is 5.69 Å². The minimum atomic E-state index is -0.153. The summed E-state index contributed by atoms with van der Waals surface area (Å²) in [5, 5.41) is 12.4. The van der Waals surface area contributed by atoms with E-state index >= 15 is 0 Å². The second-order valence-electron chi connectivity index (χ2n) is 5.17. The fraction of sp³-hybridized carbons (Fsp3) is 0.0625. The van der Waals surface area contributed by atoms with Gasteiger partial charge in [0.2, 0.25) is 5.82 Å². The molecule has 4 aromatic rings. The summed E-state index contributed by atoms with van der Waals surface area (Å²) in [6.45, 7) is 0.279. The Labute approximate surface area is 144 Å². The van der Waals surface area contributed by atoms with Crippen LogP contribution in [0.5, 0.6) is 0 Å². The van der Waals surface area contributed by atoms with E-state index in [4.69, 9.17) is 0 Å². The molecule has 0 saturated carbocycles. The highest BCUT2D eigenvalue weighted by Gasteiger charge is 2.08. The average molecular weight is 383 g/mol. The molecule has 0 aliphatic carbocycles. The number of benzene rings is 1. The number of hydrogen-bond donors (Lipinski definition) is 0. The second kappa shape index (κ2) is 5.97. The van der Waals surface area contributed by atoms with Gasteiger partial charge in [0.15, 0.2) is 0 Å². The number of rotatable bonds is 3. The highest BCUT2D eigenvalue weighted by atomic mass is 79.9. The Morgan fingerprint density at radius 2 is 1.92 bits per heavy atom. The van der Waals surface area contributed by atoms with Crippen molar-refractivity contribution >= 4 is 21.6 Å². The zero-order chi connectivity index (χ0) is 16.5. The van der Waals surface area contributed by atoms with Crippen molar-refractivity contribution in [1.29, 1.82) is 0 Å². The van der Waals surface area contributed by atoms with Crippen molar-refractivity contribution in [2.45, 2.75) is 6.54 Å². The van der Waals surface area contributed by atoms with Crippen LogP contribution >= 0.6 is 15.9 Å². The minimum absolute atomic E-state index is 0.153. The quantitative estimate of drug-likeness (QED) is 0.542. The molecule has 0 unspecified atom stereocenters. The summed E-state index contributed by atoms with van der Waals surface area (Å²) in [5.41, 5.74) is 1.89. The van der Waals surface area contributed by atoms with Crippen LogP contribution in [-0.4, -0.2) is 29.6 Å². The summed E-state index contributed by atoms with van der Waals surface area (Å²) in [4.78, 5) is 18.1. The van der Waals surface area contributed by atoms with Gasteiger partial charge in [0.05, 0.1) is 5.69 Å². The molecule has 0 amide bonds. The zero-order valence-corrected chi connectivity index (χ0v) is 14.0. The van der Waals surface area contributed by atoms with Crippen LogP contribution in [0.2, 0.25) is 0 Å². The number of pyridine rings is 1. The molecular weight excluding hydrogens is 372 g/mol. The van der Waals surface area contributed by atoms with Crippen molar-refractivity contribution in [3.63, 3.8) is 0 Å². The van der Waals surface area contributed by atoms with Gasteiger partial charge < -0.3 is 0 Å². The Morgan fingerprint density at radius 1 is 1.08 bits per heavy atom. The molecule has 1 aromatic carbocycles. The summed E-state index contributed by atoms with van der Waals surface area (Å²) < 4.78 is 2.30. The summed E-state index contributed by atoms with van der Waals surface area (Å²) in [5.74, 6) is 0.539. The lowest BCUT2D eigenvalue weighted by molar-refractivity contribution is 0.564. The Balaban J connectivity index is 1.66. The standard InChI is InChI=1S/C16H11BrN6O/c17-12-6-7-14-18-13(8-15(24)22(14)9-12)10-23-20-16(19-21-23)11-4-2-1-3-5-11/h1-9H,10H2. The first-order valence-electron chi connectivity index (χ1n) is 7.20. The number of hydrogen-bond acceptors (Lipinski definition) is 5. The van der Waals surface area contributed by atoms with Gasteiger partial charge in [-0.3, -0.25) is 9.20 Å². The van der Waals surface area contributed by atoms with Crippen LogP contribution < -0.4 is 5.56 Å². The Morgan fingerprint density at radius 3 is 2.75 bits per heavy atom. The number of fused-ring (bicyclic) bond motifs is 1. The van der Waals surface area contributed by atoms with E-state index in [1.54, 1.807) is 12.3 Å². The van der Waals surface area contributed by atoms with Gasteiger partial charge in [-0.2, -0.15) is 4.80 Å². The van der Waals surface area contributed by atoms with Gasteiger partial charge in [0, 0.05) is 22.3 Å². The molecule has 4 rings (SSSR count). The van der Waals surface area contributed by atoms with Crippen LogP contribution in [0.3, 0.4) is 0 Å². The van der Waals surface area contributed by atoms with E-state index < -0.39 is 0 Å². The molecule has 0 atom stereocenters. The van der Waals surface area contributed by atoms with Crippen LogP contribution in [-0.2, 0) is 6.54 Å². The highest BCUT2D eigenvalue weighted by Crippen LogP contribution is 2.12. The molecule has 8 heteroatoms. The number of halogens is 1. The lowest BCUT2D eigenvalue weighted by atomic mass is 10.2. The van der Waals surface area contributed by atoms with E-state index in [2.05, 4.69) is 36.3 Å². The fourth-order valence-electron chi connectivity index (χ4n) is 2.36. The molecule has 0 aliphatic heterocycles. The van der Waals surface area contributed by atoms with Gasteiger partial charge >= 0.3 is 0 Å². The fourth-order valence-corrected chi connectivity index (χ4v) is 2.70. The molecule has 0 spiro atoms. The predicted octanol–water partition coefficient (Wildman–Crippen LogP) is 2.16. The van der Waals surface area contributed by atoms with Crippen LogP contribution in [0.4, 0.5) is 0 Å². The SMILES string of the molecule is O=c1cc(Cn2nnc(-c3ccccc3)n2)nc2ccc(Br)cn12. The maximum absolute atomic E-state index is 12.2. The zero-order valence-electron chi connectivity index (χ0n) is 12.4. The van der Waals surface area contributed by atoms with Crippen molar-refractivity contribution in [3.8, 4) is 11.4 Å². The monoisotopic (exact) mass is 382 g/mol. The van der Waals surface area contributed by atoms with Gasteiger partial charge in [-0.25, -0.2) is 4.98 Å². The first-order chi connectivity index (χ1) is 11.7. The summed E-state index contributed by atoms with van der Waals surface area (Å²) in [6.07, 6.45) is 1.69. The molecule has 0 radical (unpaired) electrons. The van der Waals surface area contributed by atoms with Crippen LogP contribution in [0.15, 0.2) is 64.0 Å². The Bertz CT molecular complexity index is 1070. The van der Waals surface area contributed by atoms with Crippen molar-refractivity contribution in [2.24, 2.45) is 0 Å². The Kier molecular flexibility index (Phi) is 3.66. The van der Waals surface area contributed by atoms with E-state index in [1.165, 1.54) is 15.3 Å². The molecule has 3 aromatic heterocycles. The van der Waals surface area contributed by atoms with Gasteiger partial charge in [0.1, 0.15) is 12.2 Å². The number of tetrazole rings is 1. The van der Waals surface area contributed by atoms with Crippen LogP contribution in [0.25, 0.3) is 17.0 Å². The molecule has 0 fully saturated rings. The van der Waals surface area contributed by atoms with Crippen molar-refractivity contribution in [3.05, 3.63) is 75.2 Å². The molecule has 118 valence electrons. The van der Waals surface area contributed by atoms with Gasteiger partial charge in [-0.15, -0.1) is 10.2 Å². The van der Waals surface area contributed by atoms with Gasteiger partial charge in [-0.1, -0.05) is 30.3 Å². The van der Waals surface area contributed by atoms with Crippen molar-refractivity contribution < 1.29 is 0 Å². The van der Waals surface area contributed by atoms with Crippen molar-refractivity contribution in [2.75, 3.05) is 0 Å². The molecule has 24 heavy (non-hydrogen) atoms. The molecule has 7 nitrogen and oxygen atoms in total. The second-order valence-corrected chi connectivity index (χ2v) is 6.09. The first-order valence-corrected chi connectivity index (χ1v) is 7.99. The summed E-state index contributed by atoms with van der Waals surface area (Å²) in [6, 6.07) is 14.7. The van der Waals surface area contributed by atoms with Gasteiger partial charge in [-0.05, 0) is 33.3 Å². The van der Waals surface area contributed by atoms with Gasteiger partial charge in [0.25, 0.3) is 5.56 Å². The lowest BCUT2D eigenvalue weighted by Crippen LogP contribution is -2.17. The van der Waals surface area contributed by atoms with E-state index in [9.17, 15) is 4.79 Å². The van der Waals surface area contributed by atoms with E-state index in [1.807, 2.05) is 36.4 Å². The summed E-state index contributed by atoms with van der Waals surface area (Å²) >= 11 is 3.34. The highest BCUT2D eigenvalue weighted by molar-refractivity contribution is 9.10. The predicted molar refractivity (Wildman–Crippen MR) is 91.5 cm³/mol. The Hall–Kier alpha value is -2.87. The van der Waals surface area contributed by atoms with Crippen LogP contribution in [0, 0.1) is 0 Å². The first kappa shape index (κ1) is 14.7. The molecule has 0 bridgehead atoms. The summed E-state index contributed by atoms with van der Waals surface area (Å²) in [7, 11) is 0. The maximum atomic E-state index is 12.2. The number of nitrogens with zero attached hydrogens (tertiary/aromatic N) is 6.